The minimum atomic E-state index is -0.217. The molecule has 0 amide bonds. The fourth-order valence-electron chi connectivity index (χ4n) is 3.29. The number of carbonyl (C=O) groups is 1. The molecule has 30 heavy (non-hydrogen) atoms. The molecule has 0 saturated heterocycles. The van der Waals surface area contributed by atoms with E-state index >= 15 is 0 Å². The number of hydrogen-bond acceptors (Lipinski definition) is 6. The smallest absolute Gasteiger partial charge is 0.310 e. The molecule has 0 fully saturated rings. The van der Waals surface area contributed by atoms with Crippen LogP contribution < -0.4 is 5.32 Å². The van der Waals surface area contributed by atoms with Crippen molar-refractivity contribution < 1.29 is 9.53 Å². The number of fused-ring (bicyclic) bond motifs is 1. The Morgan fingerprint density at radius 1 is 1.20 bits per heavy atom. The van der Waals surface area contributed by atoms with Crippen LogP contribution in [-0.2, 0) is 22.4 Å². The third-order valence-electron chi connectivity index (χ3n) is 4.69. The van der Waals surface area contributed by atoms with Gasteiger partial charge in [-0.2, -0.15) is 0 Å². The predicted molar refractivity (Wildman–Crippen MR) is 122 cm³/mol. The number of carbonyl (C=O) groups excluding carboxylic acids is 1. The van der Waals surface area contributed by atoms with Crippen LogP contribution in [0.15, 0.2) is 53.4 Å². The van der Waals surface area contributed by atoms with Gasteiger partial charge in [-0.1, -0.05) is 35.9 Å². The summed E-state index contributed by atoms with van der Waals surface area (Å²) in [5, 5.41) is 4.10. The zero-order chi connectivity index (χ0) is 20.9. The minimum absolute atomic E-state index is 0.217. The molecule has 3 aromatic rings. The number of rotatable bonds is 6. The number of esters is 1. The molecule has 0 unspecified atom stereocenters. The van der Waals surface area contributed by atoms with Crippen LogP contribution in [0.1, 0.15) is 24.6 Å². The van der Waals surface area contributed by atoms with E-state index in [-0.39, 0.29) is 12.4 Å². The zero-order valence-corrected chi connectivity index (χ0v) is 18.2. The first-order valence-corrected chi connectivity index (χ1v) is 11.3. The summed E-state index contributed by atoms with van der Waals surface area (Å²) in [5.41, 5.74) is 3.79. The van der Waals surface area contributed by atoms with Crippen LogP contribution in [0.5, 0.6) is 0 Å². The summed E-state index contributed by atoms with van der Waals surface area (Å²) < 4.78 is 5.01. The summed E-state index contributed by atoms with van der Waals surface area (Å²) in [6, 6.07) is 15.4. The molecule has 1 N–H and O–H groups in total. The molecule has 0 bridgehead atoms. The number of hydrogen-bond donors (Lipinski definition) is 1. The highest BCUT2D eigenvalue weighted by Gasteiger charge is 2.19. The number of nitrogens with one attached hydrogen (secondary N) is 1. The van der Waals surface area contributed by atoms with Gasteiger partial charge in [-0.15, -0.1) is 11.8 Å². The van der Waals surface area contributed by atoms with Crippen molar-refractivity contribution >= 4 is 40.8 Å². The zero-order valence-electron chi connectivity index (χ0n) is 16.7. The van der Waals surface area contributed by atoms with Crippen molar-refractivity contribution in [3.63, 3.8) is 0 Å². The number of benzene rings is 2. The summed E-state index contributed by atoms with van der Waals surface area (Å²) >= 11 is 7.95. The fraction of sp³-hybridized carbons (Fsp3) is 0.261. The lowest BCUT2D eigenvalue weighted by Gasteiger charge is -2.19. The molecule has 0 aliphatic carbocycles. The van der Waals surface area contributed by atoms with E-state index in [1.807, 2.05) is 55.5 Å². The first-order valence-electron chi connectivity index (χ1n) is 9.93. The number of halogens is 1. The van der Waals surface area contributed by atoms with Crippen molar-refractivity contribution in [1.82, 2.24) is 9.97 Å². The molecule has 0 atom stereocenters. The minimum Gasteiger partial charge on any atom is -0.466 e. The van der Waals surface area contributed by atoms with E-state index in [0.29, 0.717) is 17.5 Å². The van der Waals surface area contributed by atoms with E-state index in [0.717, 1.165) is 51.8 Å². The van der Waals surface area contributed by atoms with Gasteiger partial charge in [-0.3, -0.25) is 4.79 Å². The van der Waals surface area contributed by atoms with E-state index < -0.39 is 0 Å². The van der Waals surface area contributed by atoms with Crippen molar-refractivity contribution in [2.24, 2.45) is 0 Å². The van der Waals surface area contributed by atoms with Crippen molar-refractivity contribution in [3.05, 3.63) is 64.8 Å². The van der Waals surface area contributed by atoms with Gasteiger partial charge in [0.05, 0.1) is 23.6 Å². The average molecular weight is 440 g/mol. The third-order valence-corrected chi connectivity index (χ3v) is 6.14. The molecule has 2 aromatic carbocycles. The Bertz CT molecular complexity index is 1060. The Kier molecular flexibility index (Phi) is 6.55. The summed E-state index contributed by atoms with van der Waals surface area (Å²) in [6.45, 7) is 2.20. The van der Waals surface area contributed by atoms with Gasteiger partial charge in [-0.25, -0.2) is 9.97 Å². The van der Waals surface area contributed by atoms with E-state index in [4.69, 9.17) is 26.3 Å². The fourth-order valence-corrected chi connectivity index (χ4v) is 4.53. The van der Waals surface area contributed by atoms with Gasteiger partial charge in [0.2, 0.25) is 0 Å². The third kappa shape index (κ3) is 4.94. The molecule has 4 rings (SSSR count). The number of nitrogens with zero attached hydrogens (tertiary/aromatic N) is 2. The molecular weight excluding hydrogens is 418 g/mol. The Morgan fingerprint density at radius 2 is 2.03 bits per heavy atom. The lowest BCUT2D eigenvalue weighted by atomic mass is 10.1. The van der Waals surface area contributed by atoms with Crippen LogP contribution in [0.2, 0.25) is 5.02 Å². The molecule has 0 saturated carbocycles. The Balaban J connectivity index is 1.61. The van der Waals surface area contributed by atoms with Crippen LogP contribution in [0, 0.1) is 0 Å². The first-order chi connectivity index (χ1) is 14.6. The molecule has 1 aromatic heterocycles. The van der Waals surface area contributed by atoms with Gasteiger partial charge < -0.3 is 10.1 Å². The van der Waals surface area contributed by atoms with Gasteiger partial charge in [0.25, 0.3) is 0 Å². The van der Waals surface area contributed by atoms with E-state index in [9.17, 15) is 4.79 Å². The number of ether oxygens (including phenoxy) is 1. The van der Waals surface area contributed by atoms with Gasteiger partial charge in [0.1, 0.15) is 5.82 Å². The van der Waals surface area contributed by atoms with Crippen LogP contribution in [0.4, 0.5) is 11.5 Å². The molecular formula is C23H22ClN3O2S. The number of anilines is 2. The van der Waals surface area contributed by atoms with Gasteiger partial charge in [0.15, 0.2) is 5.82 Å². The van der Waals surface area contributed by atoms with Crippen LogP contribution in [0.25, 0.3) is 11.4 Å². The van der Waals surface area contributed by atoms with E-state index in [1.54, 1.807) is 11.8 Å². The summed E-state index contributed by atoms with van der Waals surface area (Å²) in [5.74, 6) is 2.31. The number of aryl methyl sites for hydroxylation is 1. The summed E-state index contributed by atoms with van der Waals surface area (Å²) in [7, 11) is 0. The van der Waals surface area contributed by atoms with E-state index in [2.05, 4.69) is 5.32 Å². The number of thioether (sulfide) groups is 1. The standard InChI is InChI=1S/C23H22ClN3O2S/c1-2-29-20(28)13-15-8-10-18(11-9-15)25-23-21-19(7-4-12-30-21)26-22(27-23)16-5-3-6-17(24)14-16/h3,5-6,8-11,14H,2,4,7,12-13H2,1H3,(H,25,26,27). The van der Waals surface area contributed by atoms with Crippen LogP contribution in [-0.4, -0.2) is 28.3 Å². The Morgan fingerprint density at radius 3 is 2.80 bits per heavy atom. The van der Waals surface area contributed by atoms with Crippen molar-refractivity contribution in [3.8, 4) is 11.4 Å². The van der Waals surface area contributed by atoms with Gasteiger partial charge in [0, 0.05) is 16.3 Å². The molecule has 1 aliphatic rings. The molecule has 2 heterocycles. The molecule has 154 valence electrons. The van der Waals surface area contributed by atoms with E-state index in [1.165, 1.54) is 0 Å². The summed E-state index contributed by atoms with van der Waals surface area (Å²) in [6.07, 6.45) is 2.31. The number of aromatic nitrogens is 2. The normalized spacial score (nSPS) is 12.9. The molecule has 1 aliphatic heterocycles. The van der Waals surface area contributed by atoms with Crippen molar-refractivity contribution in [2.75, 3.05) is 17.7 Å². The highest BCUT2D eigenvalue weighted by Crippen LogP contribution is 2.37. The maximum absolute atomic E-state index is 11.7. The summed E-state index contributed by atoms with van der Waals surface area (Å²) in [4.78, 5) is 22.4. The first kappa shape index (κ1) is 20.7. The van der Waals surface area contributed by atoms with Crippen molar-refractivity contribution in [2.45, 2.75) is 31.1 Å². The predicted octanol–water partition coefficient (Wildman–Crippen LogP) is 5.68. The average Bonchev–Trinajstić information content (AvgIpc) is 2.75. The van der Waals surface area contributed by atoms with Crippen LogP contribution in [0.3, 0.4) is 0 Å². The maximum Gasteiger partial charge on any atom is 0.310 e. The lowest BCUT2D eigenvalue weighted by Crippen LogP contribution is -2.09. The molecule has 7 heteroatoms. The topological polar surface area (TPSA) is 64.1 Å². The highest BCUT2D eigenvalue weighted by molar-refractivity contribution is 7.99. The Labute approximate surface area is 185 Å². The van der Waals surface area contributed by atoms with Crippen molar-refractivity contribution in [1.29, 1.82) is 0 Å². The second-order valence-corrected chi connectivity index (χ2v) is 8.48. The molecule has 0 radical (unpaired) electrons. The quantitative estimate of drug-likeness (QED) is 0.498. The largest absolute Gasteiger partial charge is 0.466 e. The Hall–Kier alpha value is -2.57. The lowest BCUT2D eigenvalue weighted by molar-refractivity contribution is -0.142. The SMILES string of the molecule is CCOC(=O)Cc1ccc(Nc2nc(-c3cccc(Cl)c3)nc3c2SCCC3)cc1. The van der Waals surface area contributed by atoms with Gasteiger partial charge in [-0.05, 0) is 55.3 Å². The molecule has 0 spiro atoms. The molecule has 5 nitrogen and oxygen atoms in total. The van der Waals surface area contributed by atoms with Gasteiger partial charge >= 0.3 is 5.97 Å². The second kappa shape index (κ2) is 9.49. The highest BCUT2D eigenvalue weighted by atomic mass is 35.5. The van der Waals surface area contributed by atoms with Crippen LogP contribution >= 0.6 is 23.4 Å². The second-order valence-electron chi connectivity index (χ2n) is 6.94. The monoisotopic (exact) mass is 439 g/mol. The maximum atomic E-state index is 11.7.